The van der Waals surface area contributed by atoms with Crippen molar-refractivity contribution in [3.63, 3.8) is 0 Å². The predicted octanol–water partition coefficient (Wildman–Crippen LogP) is 3.83. The highest BCUT2D eigenvalue weighted by Gasteiger charge is 2.70. The van der Waals surface area contributed by atoms with Crippen molar-refractivity contribution in [2.75, 3.05) is 13.7 Å². The Bertz CT molecular complexity index is 658. The van der Waals surface area contributed by atoms with E-state index >= 15 is 0 Å². The molecule has 3 rings (SSSR count). The maximum absolute atomic E-state index is 14.0. The Morgan fingerprint density at radius 3 is 2.38 bits per heavy atom. The molecule has 1 aliphatic carbocycles. The molecular formula is C19H20F2O3. The van der Waals surface area contributed by atoms with Crippen LogP contribution in [0.3, 0.4) is 0 Å². The first-order valence-electron chi connectivity index (χ1n) is 7.85. The summed E-state index contributed by atoms with van der Waals surface area (Å²) >= 11 is 0. The van der Waals surface area contributed by atoms with Gasteiger partial charge in [-0.05, 0) is 23.3 Å². The Hall–Kier alpha value is -1.98. The van der Waals surface area contributed by atoms with E-state index in [0.717, 1.165) is 5.56 Å². The van der Waals surface area contributed by atoms with E-state index in [-0.39, 0.29) is 6.61 Å². The Morgan fingerprint density at radius 1 is 1.08 bits per heavy atom. The minimum absolute atomic E-state index is 0.0697. The van der Waals surface area contributed by atoms with Gasteiger partial charge in [0.25, 0.3) is 5.92 Å². The van der Waals surface area contributed by atoms with Crippen molar-refractivity contribution in [1.82, 2.24) is 0 Å². The molecule has 0 aliphatic heterocycles. The highest BCUT2D eigenvalue weighted by atomic mass is 19.3. The number of aliphatic hydroxyl groups is 1. The monoisotopic (exact) mass is 334 g/mol. The molecule has 0 amide bonds. The lowest BCUT2D eigenvalue weighted by atomic mass is 10.0. The van der Waals surface area contributed by atoms with E-state index in [1.807, 2.05) is 30.3 Å². The number of ether oxygens (including phenoxy) is 2. The van der Waals surface area contributed by atoms with E-state index in [0.29, 0.717) is 17.9 Å². The molecule has 0 radical (unpaired) electrons. The minimum atomic E-state index is -2.91. The summed E-state index contributed by atoms with van der Waals surface area (Å²) in [5.74, 6) is -4.35. The molecule has 1 fully saturated rings. The second kappa shape index (κ2) is 6.87. The summed E-state index contributed by atoms with van der Waals surface area (Å²) in [6.07, 6.45) is -1.21. The average molecular weight is 334 g/mol. The fourth-order valence-corrected chi connectivity index (χ4v) is 2.95. The Morgan fingerprint density at radius 2 is 1.75 bits per heavy atom. The van der Waals surface area contributed by atoms with Crippen LogP contribution in [0, 0.1) is 11.8 Å². The molecule has 3 nitrogen and oxygen atoms in total. The van der Waals surface area contributed by atoms with Crippen molar-refractivity contribution in [3.05, 3.63) is 65.7 Å². The molecule has 0 aromatic heterocycles. The predicted molar refractivity (Wildman–Crippen MR) is 86.0 cm³/mol. The minimum Gasteiger partial charge on any atom is -0.497 e. The Labute approximate surface area is 139 Å². The zero-order valence-corrected chi connectivity index (χ0v) is 13.4. The first kappa shape index (κ1) is 16.9. The van der Waals surface area contributed by atoms with Crippen molar-refractivity contribution in [2.24, 2.45) is 11.8 Å². The quantitative estimate of drug-likeness (QED) is 0.836. The van der Waals surface area contributed by atoms with Crippen LogP contribution in [0.5, 0.6) is 5.75 Å². The van der Waals surface area contributed by atoms with Crippen LogP contribution >= 0.6 is 0 Å². The first-order valence-corrected chi connectivity index (χ1v) is 7.85. The molecule has 0 spiro atoms. The highest BCUT2D eigenvalue weighted by Crippen LogP contribution is 2.60. The summed E-state index contributed by atoms with van der Waals surface area (Å²) < 4.78 is 38.5. The molecule has 128 valence electrons. The van der Waals surface area contributed by atoms with Gasteiger partial charge in [0, 0.05) is 0 Å². The van der Waals surface area contributed by atoms with Gasteiger partial charge in [-0.15, -0.1) is 0 Å². The lowest BCUT2D eigenvalue weighted by Gasteiger charge is -2.11. The van der Waals surface area contributed by atoms with E-state index in [1.165, 1.54) is 7.11 Å². The fourth-order valence-electron chi connectivity index (χ4n) is 2.95. The lowest BCUT2D eigenvalue weighted by Crippen LogP contribution is -2.06. The van der Waals surface area contributed by atoms with Crippen LogP contribution in [0.25, 0.3) is 0 Å². The molecule has 1 saturated carbocycles. The van der Waals surface area contributed by atoms with E-state index in [9.17, 15) is 13.9 Å². The second-order valence-corrected chi connectivity index (χ2v) is 6.03. The molecule has 24 heavy (non-hydrogen) atoms. The van der Waals surface area contributed by atoms with Crippen molar-refractivity contribution in [3.8, 4) is 5.75 Å². The number of hydrogen-bond acceptors (Lipinski definition) is 3. The number of hydrogen-bond donors (Lipinski definition) is 1. The number of alkyl halides is 2. The van der Waals surface area contributed by atoms with E-state index < -0.39 is 23.9 Å². The van der Waals surface area contributed by atoms with Gasteiger partial charge in [0.2, 0.25) is 0 Å². The van der Waals surface area contributed by atoms with Gasteiger partial charge in [0.1, 0.15) is 5.75 Å². The number of benzene rings is 2. The van der Waals surface area contributed by atoms with Crippen LogP contribution in [-0.2, 0) is 11.3 Å². The molecule has 2 aromatic rings. The van der Waals surface area contributed by atoms with Crippen LogP contribution in [-0.4, -0.2) is 24.7 Å². The third-order valence-electron chi connectivity index (χ3n) is 4.47. The topological polar surface area (TPSA) is 38.7 Å². The summed E-state index contributed by atoms with van der Waals surface area (Å²) in [6.45, 7) is 0.221. The number of methoxy groups -OCH3 is 1. The van der Waals surface area contributed by atoms with Gasteiger partial charge in [-0.25, -0.2) is 8.78 Å². The number of halogens is 2. The van der Waals surface area contributed by atoms with Crippen LogP contribution < -0.4 is 4.74 Å². The lowest BCUT2D eigenvalue weighted by molar-refractivity contribution is 0.0336. The van der Waals surface area contributed by atoms with Crippen LogP contribution in [0.1, 0.15) is 17.2 Å². The fraction of sp³-hybridized carbons (Fsp3) is 0.368. The molecule has 1 N–H and O–H groups in total. The molecular weight excluding hydrogens is 314 g/mol. The molecule has 1 unspecified atom stereocenters. The van der Waals surface area contributed by atoms with Gasteiger partial charge in [0.05, 0.1) is 38.3 Å². The highest BCUT2D eigenvalue weighted by molar-refractivity contribution is 5.30. The maximum Gasteiger partial charge on any atom is 0.259 e. The van der Waals surface area contributed by atoms with Gasteiger partial charge in [-0.3, -0.25) is 0 Å². The van der Waals surface area contributed by atoms with E-state index in [4.69, 9.17) is 9.47 Å². The normalized spacial score (nSPS) is 22.8. The van der Waals surface area contributed by atoms with Gasteiger partial charge in [-0.2, -0.15) is 0 Å². The zero-order valence-electron chi connectivity index (χ0n) is 13.4. The van der Waals surface area contributed by atoms with Crippen molar-refractivity contribution >= 4 is 0 Å². The summed E-state index contributed by atoms with van der Waals surface area (Å²) in [5.41, 5.74) is 1.40. The Kier molecular flexibility index (Phi) is 4.83. The molecule has 5 heteroatoms. The molecule has 1 aliphatic rings. The van der Waals surface area contributed by atoms with Gasteiger partial charge >= 0.3 is 0 Å². The molecule has 0 bridgehead atoms. The zero-order chi connectivity index (χ0) is 17.2. The molecule has 3 atom stereocenters. The maximum atomic E-state index is 14.0. The number of aliphatic hydroxyl groups excluding tert-OH is 1. The third kappa shape index (κ3) is 3.42. The van der Waals surface area contributed by atoms with Gasteiger partial charge < -0.3 is 14.6 Å². The summed E-state index contributed by atoms with van der Waals surface area (Å²) in [6, 6.07) is 15.9. The summed E-state index contributed by atoms with van der Waals surface area (Å²) in [4.78, 5) is 0. The standard InChI is InChI=1S/C19H20F2O3/c1-23-15-9-7-14(8-10-15)18(22)17-16(19(17,20)21)12-24-11-13-5-3-2-4-6-13/h2-10,16-18,22H,11-12H2,1H3/t16-,17-,18?/m0/s1. The summed E-state index contributed by atoms with van der Waals surface area (Å²) in [5, 5.41) is 10.3. The van der Waals surface area contributed by atoms with Crippen LogP contribution in [0.4, 0.5) is 8.78 Å². The van der Waals surface area contributed by atoms with Crippen LogP contribution in [0.15, 0.2) is 54.6 Å². The number of rotatable bonds is 7. The van der Waals surface area contributed by atoms with Crippen molar-refractivity contribution < 1.29 is 23.4 Å². The largest absolute Gasteiger partial charge is 0.497 e. The van der Waals surface area contributed by atoms with Gasteiger partial charge in [0.15, 0.2) is 0 Å². The Balaban J connectivity index is 1.57. The van der Waals surface area contributed by atoms with Crippen molar-refractivity contribution in [1.29, 1.82) is 0 Å². The summed E-state index contributed by atoms with van der Waals surface area (Å²) in [7, 11) is 1.53. The average Bonchev–Trinajstić information content (AvgIpc) is 3.16. The second-order valence-electron chi connectivity index (χ2n) is 6.03. The van der Waals surface area contributed by atoms with E-state index in [1.54, 1.807) is 24.3 Å². The van der Waals surface area contributed by atoms with Crippen LogP contribution in [0.2, 0.25) is 0 Å². The molecule has 2 aromatic carbocycles. The SMILES string of the molecule is COc1ccc(C(O)[C@@H]2[C@H](COCc3ccccc3)C2(F)F)cc1. The van der Waals surface area contributed by atoms with Gasteiger partial charge in [-0.1, -0.05) is 42.5 Å². The third-order valence-corrected chi connectivity index (χ3v) is 4.47. The molecule has 0 heterocycles. The smallest absolute Gasteiger partial charge is 0.259 e. The first-order chi connectivity index (χ1) is 11.5. The van der Waals surface area contributed by atoms with Crippen molar-refractivity contribution in [2.45, 2.75) is 18.6 Å². The van der Waals surface area contributed by atoms with E-state index in [2.05, 4.69) is 0 Å². The molecule has 0 saturated heterocycles.